The predicted octanol–water partition coefficient (Wildman–Crippen LogP) is 0.223. The van der Waals surface area contributed by atoms with E-state index in [1.165, 1.54) is 9.80 Å². The van der Waals surface area contributed by atoms with Crippen LogP contribution in [0.5, 0.6) is 0 Å². The van der Waals surface area contributed by atoms with E-state index in [1.807, 2.05) is 0 Å². The van der Waals surface area contributed by atoms with Crippen molar-refractivity contribution >= 4 is 21.8 Å². The normalized spacial score (nSPS) is 19.7. The number of carbonyl (C=O) groups is 1. The Labute approximate surface area is 117 Å². The molecule has 2 amide bonds. The van der Waals surface area contributed by atoms with Crippen LogP contribution >= 0.6 is 0 Å². The zero-order chi connectivity index (χ0) is 14.8. The predicted molar refractivity (Wildman–Crippen MR) is 72.7 cm³/mol. The van der Waals surface area contributed by atoms with Gasteiger partial charge in [-0.3, -0.25) is 4.90 Å². The molecule has 1 heterocycles. The molecule has 1 fully saturated rings. The maximum absolute atomic E-state index is 12.3. The lowest BCUT2D eigenvalue weighted by Gasteiger charge is -2.22. The fourth-order valence-corrected chi connectivity index (χ4v) is 2.62. The molecule has 0 radical (unpaired) electrons. The Morgan fingerprint density at radius 2 is 2.00 bits per heavy atom. The van der Waals surface area contributed by atoms with Crippen LogP contribution in [-0.4, -0.2) is 56.6 Å². The Bertz CT molecular complexity index is 575. The van der Waals surface area contributed by atoms with Gasteiger partial charge in [0.15, 0.2) is 6.23 Å². The van der Waals surface area contributed by atoms with Crippen molar-refractivity contribution in [1.29, 1.82) is 0 Å². The molecule has 1 atom stereocenters. The Kier molecular flexibility index (Phi) is 4.26. The number of benzene rings is 1. The van der Waals surface area contributed by atoms with Crippen LogP contribution in [0.4, 0.5) is 10.5 Å². The summed E-state index contributed by atoms with van der Waals surface area (Å²) in [4.78, 5) is 14.9. The van der Waals surface area contributed by atoms with Crippen molar-refractivity contribution in [1.82, 2.24) is 4.90 Å². The van der Waals surface area contributed by atoms with Crippen LogP contribution in [0.25, 0.3) is 0 Å². The number of aliphatic hydroxyl groups excluding tert-OH is 1. The van der Waals surface area contributed by atoms with Gasteiger partial charge in [0.25, 0.3) is 10.1 Å². The van der Waals surface area contributed by atoms with E-state index in [2.05, 4.69) is 0 Å². The third-order valence-corrected chi connectivity index (χ3v) is 3.40. The maximum atomic E-state index is 12.3. The minimum Gasteiger partial charge on any atom is -0.395 e. The highest BCUT2D eigenvalue weighted by Gasteiger charge is 2.40. The number of hydrogen-bond acceptors (Lipinski definition) is 5. The van der Waals surface area contributed by atoms with E-state index >= 15 is 0 Å². The molecule has 0 spiro atoms. The molecular weight excluding hydrogens is 284 g/mol. The number of carbonyl (C=O) groups excluding carboxylic acids is 1. The summed E-state index contributed by atoms with van der Waals surface area (Å²) < 4.78 is 27.6. The topological polar surface area (TPSA) is 87.1 Å². The van der Waals surface area contributed by atoms with Crippen LogP contribution in [0.3, 0.4) is 0 Å². The summed E-state index contributed by atoms with van der Waals surface area (Å²) in [6, 6.07) is 8.28. The van der Waals surface area contributed by atoms with Crippen LogP contribution in [0, 0.1) is 0 Å². The highest BCUT2D eigenvalue weighted by Crippen LogP contribution is 2.25. The van der Waals surface area contributed by atoms with Crippen molar-refractivity contribution in [2.75, 3.05) is 30.9 Å². The standard InChI is InChI=1S/C12H16N2O5S/c1-20(17,18)19-11-9-13(7-8-15)12(16)14(11)10-5-3-2-4-6-10/h2-6,11,15H,7-9H2,1H3. The number of β-amino-alcohol motifs (C(OH)–C–C–N with tert-alkyl or cyclic N) is 1. The molecule has 1 aliphatic rings. The molecule has 1 N–H and O–H groups in total. The Morgan fingerprint density at radius 1 is 1.35 bits per heavy atom. The molecule has 0 bridgehead atoms. The molecular formula is C12H16N2O5S. The molecule has 8 heteroatoms. The Morgan fingerprint density at radius 3 is 2.55 bits per heavy atom. The van der Waals surface area contributed by atoms with Crippen LogP contribution in [0.15, 0.2) is 30.3 Å². The first-order valence-electron chi connectivity index (χ1n) is 6.04. The quantitative estimate of drug-likeness (QED) is 0.786. The summed E-state index contributed by atoms with van der Waals surface area (Å²) in [7, 11) is -3.69. The third-order valence-electron chi connectivity index (χ3n) is 2.83. The first-order valence-corrected chi connectivity index (χ1v) is 7.86. The van der Waals surface area contributed by atoms with Crippen molar-refractivity contribution in [3.05, 3.63) is 30.3 Å². The van der Waals surface area contributed by atoms with Gasteiger partial charge < -0.3 is 10.0 Å². The monoisotopic (exact) mass is 300 g/mol. The highest BCUT2D eigenvalue weighted by atomic mass is 32.2. The lowest BCUT2D eigenvalue weighted by Crippen LogP contribution is -2.37. The molecule has 20 heavy (non-hydrogen) atoms. The molecule has 1 saturated heterocycles. The van der Waals surface area contributed by atoms with Gasteiger partial charge in [-0.1, -0.05) is 18.2 Å². The summed E-state index contributed by atoms with van der Waals surface area (Å²) in [5, 5.41) is 8.95. The van der Waals surface area contributed by atoms with Crippen LogP contribution in [-0.2, 0) is 14.3 Å². The first-order chi connectivity index (χ1) is 9.42. The minimum absolute atomic E-state index is 0.0847. The summed E-state index contributed by atoms with van der Waals surface area (Å²) in [5.74, 6) is 0. The molecule has 7 nitrogen and oxygen atoms in total. The smallest absolute Gasteiger partial charge is 0.326 e. The average molecular weight is 300 g/mol. The van der Waals surface area contributed by atoms with Crippen LogP contribution in [0.1, 0.15) is 0 Å². The van der Waals surface area contributed by atoms with Gasteiger partial charge in [-0.25, -0.2) is 8.98 Å². The summed E-state index contributed by atoms with van der Waals surface area (Å²) in [5.41, 5.74) is 0.548. The van der Waals surface area contributed by atoms with Gasteiger partial charge in [0, 0.05) is 12.2 Å². The van der Waals surface area contributed by atoms with E-state index in [4.69, 9.17) is 9.29 Å². The zero-order valence-electron chi connectivity index (χ0n) is 11.0. The second kappa shape index (κ2) is 5.78. The van der Waals surface area contributed by atoms with Gasteiger partial charge in [-0.05, 0) is 12.1 Å². The van der Waals surface area contributed by atoms with Gasteiger partial charge >= 0.3 is 6.03 Å². The summed E-state index contributed by atoms with van der Waals surface area (Å²) >= 11 is 0. The van der Waals surface area contributed by atoms with Crippen molar-refractivity contribution in [2.24, 2.45) is 0 Å². The van der Waals surface area contributed by atoms with Gasteiger partial charge in [-0.15, -0.1) is 0 Å². The second-order valence-electron chi connectivity index (χ2n) is 4.41. The second-order valence-corrected chi connectivity index (χ2v) is 6.01. The number of nitrogens with zero attached hydrogens (tertiary/aromatic N) is 2. The van der Waals surface area contributed by atoms with Crippen molar-refractivity contribution in [3.63, 3.8) is 0 Å². The molecule has 0 aliphatic carbocycles. The molecule has 1 unspecified atom stereocenters. The largest absolute Gasteiger partial charge is 0.395 e. The molecule has 0 aromatic heterocycles. The molecule has 1 aliphatic heterocycles. The lowest BCUT2D eigenvalue weighted by atomic mass is 10.3. The number of rotatable bonds is 5. The summed E-state index contributed by atoms with van der Waals surface area (Å²) in [6.07, 6.45) is 0.0153. The molecule has 1 aromatic rings. The number of aliphatic hydroxyl groups is 1. The fourth-order valence-electron chi connectivity index (χ4n) is 2.07. The van der Waals surface area contributed by atoms with Crippen LogP contribution in [0.2, 0.25) is 0 Å². The van der Waals surface area contributed by atoms with Crippen molar-refractivity contribution < 1.29 is 22.5 Å². The van der Waals surface area contributed by atoms with E-state index in [9.17, 15) is 13.2 Å². The third kappa shape index (κ3) is 3.27. The number of hydrogen-bond donors (Lipinski definition) is 1. The molecule has 0 saturated carbocycles. The Hall–Kier alpha value is -1.64. The fraction of sp³-hybridized carbons (Fsp3) is 0.417. The number of para-hydroxylation sites is 1. The van der Waals surface area contributed by atoms with Crippen molar-refractivity contribution in [2.45, 2.75) is 6.23 Å². The van der Waals surface area contributed by atoms with Crippen LogP contribution < -0.4 is 4.90 Å². The number of anilines is 1. The van der Waals surface area contributed by atoms with E-state index < -0.39 is 16.3 Å². The highest BCUT2D eigenvalue weighted by molar-refractivity contribution is 7.86. The number of urea groups is 1. The van der Waals surface area contributed by atoms with Gasteiger partial charge in [-0.2, -0.15) is 8.42 Å². The molecule has 1 aromatic carbocycles. The lowest BCUT2D eigenvalue weighted by molar-refractivity contribution is 0.183. The van der Waals surface area contributed by atoms with E-state index in [1.54, 1.807) is 30.3 Å². The maximum Gasteiger partial charge on any atom is 0.326 e. The summed E-state index contributed by atoms with van der Waals surface area (Å²) in [6.45, 7) is 0.0209. The van der Waals surface area contributed by atoms with E-state index in [0.717, 1.165) is 6.26 Å². The van der Waals surface area contributed by atoms with E-state index in [0.29, 0.717) is 5.69 Å². The van der Waals surface area contributed by atoms with Gasteiger partial charge in [0.1, 0.15) is 0 Å². The molecule has 2 rings (SSSR count). The number of amides is 2. The van der Waals surface area contributed by atoms with Gasteiger partial charge in [0.2, 0.25) is 0 Å². The zero-order valence-corrected chi connectivity index (χ0v) is 11.8. The van der Waals surface area contributed by atoms with Crippen molar-refractivity contribution in [3.8, 4) is 0 Å². The van der Waals surface area contributed by atoms with Gasteiger partial charge in [0.05, 0.1) is 19.4 Å². The Balaban J connectivity index is 2.30. The van der Waals surface area contributed by atoms with E-state index in [-0.39, 0.29) is 25.7 Å². The minimum atomic E-state index is -3.69. The SMILES string of the molecule is CS(=O)(=O)OC1CN(CCO)C(=O)N1c1ccccc1. The first kappa shape index (κ1) is 14.8. The molecule has 110 valence electrons. The average Bonchev–Trinajstić information content (AvgIpc) is 2.65.